The minimum Gasteiger partial charge on any atom is -0.481 e. The van der Waals surface area contributed by atoms with Crippen LogP contribution < -0.4 is 0 Å². The van der Waals surface area contributed by atoms with Crippen LogP contribution in [0.3, 0.4) is 0 Å². The van der Waals surface area contributed by atoms with Crippen molar-refractivity contribution in [2.45, 2.75) is 32.2 Å². The topological polar surface area (TPSA) is 58.4 Å². The summed E-state index contributed by atoms with van der Waals surface area (Å²) in [5.41, 5.74) is 2.22. The highest BCUT2D eigenvalue weighted by molar-refractivity contribution is 5.66. The maximum atomic E-state index is 10.6. The summed E-state index contributed by atoms with van der Waals surface area (Å²) in [5.74, 6) is -0.725. The van der Waals surface area contributed by atoms with Gasteiger partial charge < -0.3 is 5.11 Å². The summed E-state index contributed by atoms with van der Waals surface area (Å²) in [5, 5.41) is 13.1. The lowest BCUT2D eigenvalue weighted by Crippen LogP contribution is -2.27. The van der Waals surface area contributed by atoms with Crippen LogP contribution in [0.4, 0.5) is 0 Å². The normalized spacial score (nSPS) is 20.9. The third kappa shape index (κ3) is 2.66. The van der Waals surface area contributed by atoms with Crippen LogP contribution in [0, 0.1) is 6.92 Å². The van der Waals surface area contributed by atoms with Crippen molar-refractivity contribution in [3.63, 3.8) is 0 Å². The molecule has 94 valence electrons. The Kier molecular flexibility index (Phi) is 3.47. The summed E-state index contributed by atoms with van der Waals surface area (Å²) in [4.78, 5) is 12.9. The molecule has 0 amide bonds. The van der Waals surface area contributed by atoms with Gasteiger partial charge in [-0.2, -0.15) is 5.10 Å². The number of aromatic nitrogens is 2. The van der Waals surface area contributed by atoms with Gasteiger partial charge in [-0.1, -0.05) is 0 Å². The third-order valence-electron chi connectivity index (χ3n) is 3.36. The zero-order valence-corrected chi connectivity index (χ0v) is 10.4. The number of rotatable bonds is 4. The van der Waals surface area contributed by atoms with E-state index in [1.54, 1.807) is 0 Å². The molecule has 0 spiro atoms. The average molecular weight is 237 g/mol. The summed E-state index contributed by atoms with van der Waals surface area (Å²) in [7, 11) is 1.95. The second-order valence-electron chi connectivity index (χ2n) is 4.67. The Morgan fingerprint density at radius 2 is 2.41 bits per heavy atom. The third-order valence-corrected chi connectivity index (χ3v) is 3.36. The van der Waals surface area contributed by atoms with Gasteiger partial charge in [-0.3, -0.25) is 14.4 Å². The number of hydrogen-bond donors (Lipinski definition) is 1. The minimum absolute atomic E-state index is 0.216. The molecule has 17 heavy (non-hydrogen) atoms. The number of nitrogens with zero attached hydrogens (tertiary/aromatic N) is 3. The molecule has 1 aromatic heterocycles. The number of likely N-dealkylation sites (tertiary alicyclic amines) is 1. The van der Waals surface area contributed by atoms with Crippen LogP contribution in [0.5, 0.6) is 0 Å². The van der Waals surface area contributed by atoms with Crippen molar-refractivity contribution < 1.29 is 9.90 Å². The van der Waals surface area contributed by atoms with E-state index in [9.17, 15) is 4.79 Å². The van der Waals surface area contributed by atoms with Crippen molar-refractivity contribution in [3.05, 3.63) is 17.5 Å². The molecule has 0 aromatic carbocycles. The first-order valence-corrected chi connectivity index (χ1v) is 6.04. The van der Waals surface area contributed by atoms with E-state index in [1.165, 1.54) is 5.69 Å². The van der Waals surface area contributed by atoms with Crippen LogP contribution in [-0.4, -0.2) is 38.8 Å². The molecule has 0 saturated carbocycles. The molecule has 2 rings (SSSR count). The average Bonchev–Trinajstić information content (AvgIpc) is 2.81. The molecule has 0 aliphatic carbocycles. The Morgan fingerprint density at radius 3 is 3.00 bits per heavy atom. The first kappa shape index (κ1) is 12.1. The fourth-order valence-corrected chi connectivity index (χ4v) is 2.61. The van der Waals surface area contributed by atoms with Crippen molar-refractivity contribution in [1.29, 1.82) is 0 Å². The smallest absolute Gasteiger partial charge is 0.304 e. The molecule has 2 heterocycles. The zero-order valence-electron chi connectivity index (χ0n) is 10.4. The Hall–Kier alpha value is -1.36. The summed E-state index contributed by atoms with van der Waals surface area (Å²) >= 11 is 0. The molecule has 5 heteroatoms. The summed E-state index contributed by atoms with van der Waals surface area (Å²) < 4.78 is 1.92. The van der Waals surface area contributed by atoms with E-state index in [-0.39, 0.29) is 6.42 Å². The predicted octanol–water partition coefficient (Wildman–Crippen LogP) is 1.34. The van der Waals surface area contributed by atoms with E-state index < -0.39 is 5.97 Å². The van der Waals surface area contributed by atoms with E-state index in [4.69, 9.17) is 5.11 Å². The molecule has 5 nitrogen and oxygen atoms in total. The maximum Gasteiger partial charge on any atom is 0.304 e. The van der Waals surface area contributed by atoms with E-state index >= 15 is 0 Å². The van der Waals surface area contributed by atoms with Gasteiger partial charge in [0.05, 0.1) is 23.9 Å². The van der Waals surface area contributed by atoms with E-state index in [2.05, 4.69) is 16.1 Å². The molecule has 1 fully saturated rings. The highest BCUT2D eigenvalue weighted by Gasteiger charge is 2.28. The number of carboxylic acid groups (broad SMARTS) is 1. The molecule has 1 atom stereocenters. The molecule has 1 N–H and O–H groups in total. The van der Waals surface area contributed by atoms with Crippen LogP contribution in [-0.2, 0) is 11.8 Å². The maximum absolute atomic E-state index is 10.6. The fraction of sp³-hybridized carbons (Fsp3) is 0.667. The van der Waals surface area contributed by atoms with Gasteiger partial charge in [-0.05, 0) is 32.4 Å². The molecule has 0 unspecified atom stereocenters. The number of carbonyl (C=O) groups is 1. The van der Waals surface area contributed by atoms with Crippen molar-refractivity contribution in [2.75, 3.05) is 13.1 Å². The SMILES string of the molecule is Cc1cc([C@@H]2CCCN2CCC(=O)O)n(C)n1. The van der Waals surface area contributed by atoms with Crippen LogP contribution in [0.2, 0.25) is 0 Å². The van der Waals surface area contributed by atoms with Gasteiger partial charge in [0.25, 0.3) is 0 Å². The molecule has 1 aromatic rings. The first-order valence-electron chi connectivity index (χ1n) is 6.04. The minimum atomic E-state index is -0.725. The number of carboxylic acids is 1. The monoisotopic (exact) mass is 237 g/mol. The zero-order chi connectivity index (χ0) is 12.4. The van der Waals surface area contributed by atoms with Gasteiger partial charge in [0, 0.05) is 13.6 Å². The van der Waals surface area contributed by atoms with Crippen molar-refractivity contribution in [2.24, 2.45) is 7.05 Å². The largest absolute Gasteiger partial charge is 0.481 e. The van der Waals surface area contributed by atoms with Gasteiger partial charge in [-0.15, -0.1) is 0 Å². The Morgan fingerprint density at radius 1 is 1.65 bits per heavy atom. The van der Waals surface area contributed by atoms with Crippen molar-refractivity contribution in [3.8, 4) is 0 Å². The van der Waals surface area contributed by atoms with Crippen molar-refractivity contribution in [1.82, 2.24) is 14.7 Å². The van der Waals surface area contributed by atoms with Crippen LogP contribution in [0.1, 0.15) is 36.7 Å². The molecule has 0 radical (unpaired) electrons. The first-order chi connectivity index (χ1) is 8.08. The molecule has 0 bridgehead atoms. The lowest BCUT2D eigenvalue weighted by molar-refractivity contribution is -0.137. The van der Waals surface area contributed by atoms with Crippen molar-refractivity contribution >= 4 is 5.97 Å². The van der Waals surface area contributed by atoms with Gasteiger partial charge >= 0.3 is 5.97 Å². The van der Waals surface area contributed by atoms with Crippen LogP contribution in [0.25, 0.3) is 0 Å². The molecule has 1 saturated heterocycles. The van der Waals surface area contributed by atoms with Gasteiger partial charge in [-0.25, -0.2) is 0 Å². The quantitative estimate of drug-likeness (QED) is 0.858. The lowest BCUT2D eigenvalue weighted by atomic mass is 10.1. The molecular weight excluding hydrogens is 218 g/mol. The summed E-state index contributed by atoms with van der Waals surface area (Å²) in [6.07, 6.45) is 2.44. The second-order valence-corrected chi connectivity index (χ2v) is 4.67. The predicted molar refractivity (Wildman–Crippen MR) is 63.7 cm³/mol. The Labute approximate surface area is 101 Å². The standard InChI is InChI=1S/C12H19N3O2/c1-9-8-11(14(2)13-9)10-4-3-6-15(10)7-5-12(16)17/h8,10H,3-7H2,1-2H3,(H,16,17)/t10-/m0/s1. The Balaban J connectivity index is 2.08. The highest BCUT2D eigenvalue weighted by atomic mass is 16.4. The van der Waals surface area contributed by atoms with Crippen LogP contribution >= 0.6 is 0 Å². The van der Waals surface area contributed by atoms with Crippen LogP contribution in [0.15, 0.2) is 6.07 Å². The second kappa shape index (κ2) is 4.87. The number of aliphatic carboxylic acids is 1. The summed E-state index contributed by atoms with van der Waals surface area (Å²) in [6, 6.07) is 2.43. The number of aryl methyl sites for hydroxylation is 2. The lowest BCUT2D eigenvalue weighted by Gasteiger charge is -2.23. The summed E-state index contributed by atoms with van der Waals surface area (Å²) in [6.45, 7) is 3.60. The van der Waals surface area contributed by atoms with E-state index in [0.29, 0.717) is 12.6 Å². The van der Waals surface area contributed by atoms with E-state index in [0.717, 1.165) is 25.1 Å². The number of hydrogen-bond acceptors (Lipinski definition) is 3. The fourth-order valence-electron chi connectivity index (χ4n) is 2.61. The highest BCUT2D eigenvalue weighted by Crippen LogP contribution is 2.31. The molecule has 1 aliphatic heterocycles. The molecular formula is C12H19N3O2. The molecule has 1 aliphatic rings. The van der Waals surface area contributed by atoms with Gasteiger partial charge in [0.1, 0.15) is 0 Å². The Bertz CT molecular complexity index is 414. The van der Waals surface area contributed by atoms with E-state index in [1.807, 2.05) is 18.7 Å². The van der Waals surface area contributed by atoms with Gasteiger partial charge in [0.2, 0.25) is 0 Å². The van der Waals surface area contributed by atoms with Gasteiger partial charge in [0.15, 0.2) is 0 Å².